The Morgan fingerprint density at radius 2 is 1.81 bits per heavy atom. The molecular weight excluding hydrogens is 410 g/mol. The molecular formula is C25H31NO6. The first-order chi connectivity index (χ1) is 15.5. The van der Waals surface area contributed by atoms with E-state index in [-0.39, 0.29) is 18.6 Å². The smallest absolute Gasteiger partial charge is 0.343 e. The minimum atomic E-state index is -0.465. The molecule has 0 aliphatic carbocycles. The number of benzene rings is 2. The van der Waals surface area contributed by atoms with Crippen molar-refractivity contribution in [1.82, 2.24) is 4.90 Å². The normalized spacial score (nSPS) is 15.7. The van der Waals surface area contributed by atoms with Gasteiger partial charge < -0.3 is 23.8 Å². The molecule has 0 radical (unpaired) electrons. The van der Waals surface area contributed by atoms with Gasteiger partial charge in [-0.2, -0.15) is 0 Å². The maximum Gasteiger partial charge on any atom is 0.343 e. The number of nitrogens with zero attached hydrogens (tertiary/aromatic N) is 1. The molecule has 1 aliphatic heterocycles. The lowest BCUT2D eigenvalue weighted by molar-refractivity contribution is -0.142. The first kappa shape index (κ1) is 23.4. The van der Waals surface area contributed by atoms with Crippen LogP contribution in [0.15, 0.2) is 42.5 Å². The van der Waals surface area contributed by atoms with Crippen molar-refractivity contribution in [2.45, 2.75) is 38.1 Å². The van der Waals surface area contributed by atoms with Gasteiger partial charge in [-0.1, -0.05) is 12.1 Å². The van der Waals surface area contributed by atoms with Crippen LogP contribution in [0.4, 0.5) is 0 Å². The number of esters is 1. The number of aryl methyl sites for hydroxylation is 1. The van der Waals surface area contributed by atoms with E-state index >= 15 is 0 Å². The average Bonchev–Trinajstić information content (AvgIpc) is 2.85. The van der Waals surface area contributed by atoms with Crippen LogP contribution in [0, 0.1) is 0 Å². The van der Waals surface area contributed by atoms with E-state index in [2.05, 4.69) is 4.74 Å². The van der Waals surface area contributed by atoms with Gasteiger partial charge in [-0.15, -0.1) is 0 Å². The summed E-state index contributed by atoms with van der Waals surface area (Å²) >= 11 is 0. The van der Waals surface area contributed by atoms with Gasteiger partial charge in [-0.3, -0.25) is 4.79 Å². The van der Waals surface area contributed by atoms with Crippen molar-refractivity contribution in [2.24, 2.45) is 0 Å². The second kappa shape index (κ2) is 11.4. The number of ether oxygens (including phenoxy) is 4. The molecule has 0 bridgehead atoms. The third-order valence-corrected chi connectivity index (χ3v) is 5.77. The summed E-state index contributed by atoms with van der Waals surface area (Å²) in [6, 6.07) is 13.1. The largest absolute Gasteiger partial charge is 0.493 e. The van der Waals surface area contributed by atoms with E-state index in [1.54, 1.807) is 38.5 Å². The van der Waals surface area contributed by atoms with Gasteiger partial charge in [-0.05, 0) is 68.0 Å². The number of hydrogen-bond donors (Lipinski definition) is 0. The van der Waals surface area contributed by atoms with Gasteiger partial charge in [0.05, 0.1) is 21.3 Å². The summed E-state index contributed by atoms with van der Waals surface area (Å²) in [6.07, 6.45) is 4.81. The first-order valence-electron chi connectivity index (χ1n) is 10.9. The van der Waals surface area contributed by atoms with Gasteiger partial charge in [0.2, 0.25) is 0 Å². The van der Waals surface area contributed by atoms with E-state index in [4.69, 9.17) is 14.2 Å². The zero-order valence-electron chi connectivity index (χ0n) is 19.0. The maximum absolute atomic E-state index is 13.3. The zero-order valence-corrected chi connectivity index (χ0v) is 19.0. The summed E-state index contributed by atoms with van der Waals surface area (Å²) < 4.78 is 20.8. The standard InChI is InChI=1S/C25H31NO6/c1-29-22-13-11-18(15-23(22)30-2)10-12-20-8-4-5-14-26(20)25(28)19-7-6-9-21(16-19)32-17-24(27)31-3/h6-7,9,11,13,15-16,20H,4-5,8,10,12,14,17H2,1-3H3. The summed E-state index contributed by atoms with van der Waals surface area (Å²) in [6.45, 7) is 0.550. The number of carbonyl (C=O) groups is 2. The molecule has 1 saturated heterocycles. The highest BCUT2D eigenvalue weighted by atomic mass is 16.6. The minimum Gasteiger partial charge on any atom is -0.493 e. The molecule has 1 aliphatic rings. The van der Waals surface area contributed by atoms with Gasteiger partial charge in [0.1, 0.15) is 5.75 Å². The Bertz CT molecular complexity index is 928. The molecule has 1 fully saturated rings. The minimum absolute atomic E-state index is 0.00877. The molecule has 0 N–H and O–H groups in total. The number of carbonyl (C=O) groups excluding carboxylic acids is 2. The number of methoxy groups -OCH3 is 3. The zero-order chi connectivity index (χ0) is 22.9. The van der Waals surface area contributed by atoms with Crippen LogP contribution in [0.5, 0.6) is 17.2 Å². The Labute approximate surface area is 189 Å². The fraction of sp³-hybridized carbons (Fsp3) is 0.440. The van der Waals surface area contributed by atoms with E-state index in [1.165, 1.54) is 7.11 Å². The van der Waals surface area contributed by atoms with Gasteiger partial charge >= 0.3 is 5.97 Å². The van der Waals surface area contributed by atoms with Crippen molar-refractivity contribution >= 4 is 11.9 Å². The lowest BCUT2D eigenvalue weighted by Gasteiger charge is -2.36. The van der Waals surface area contributed by atoms with E-state index in [0.29, 0.717) is 22.8 Å². The molecule has 1 heterocycles. The number of hydrogen-bond acceptors (Lipinski definition) is 6. The Morgan fingerprint density at radius 3 is 2.56 bits per heavy atom. The molecule has 0 aromatic heterocycles. The Kier molecular flexibility index (Phi) is 8.36. The molecule has 0 saturated carbocycles. The van der Waals surface area contributed by atoms with E-state index < -0.39 is 5.97 Å². The van der Waals surface area contributed by atoms with Gasteiger partial charge in [0.15, 0.2) is 18.1 Å². The number of amides is 1. The molecule has 7 nitrogen and oxygen atoms in total. The quantitative estimate of drug-likeness (QED) is 0.550. The highest BCUT2D eigenvalue weighted by Gasteiger charge is 2.27. The second-order valence-corrected chi connectivity index (χ2v) is 7.77. The molecule has 3 rings (SSSR count). The number of likely N-dealkylation sites (tertiary alicyclic amines) is 1. The van der Waals surface area contributed by atoms with E-state index in [0.717, 1.165) is 44.2 Å². The van der Waals surface area contributed by atoms with Crippen LogP contribution >= 0.6 is 0 Å². The van der Waals surface area contributed by atoms with Crippen LogP contribution < -0.4 is 14.2 Å². The molecule has 32 heavy (non-hydrogen) atoms. The molecule has 7 heteroatoms. The fourth-order valence-corrected chi connectivity index (χ4v) is 4.02. The topological polar surface area (TPSA) is 74.3 Å². The third kappa shape index (κ3) is 5.93. The van der Waals surface area contributed by atoms with Gasteiger partial charge in [0, 0.05) is 18.2 Å². The predicted octanol–water partition coefficient (Wildman–Crippen LogP) is 3.88. The molecule has 0 spiro atoms. The third-order valence-electron chi connectivity index (χ3n) is 5.77. The average molecular weight is 442 g/mol. The summed E-state index contributed by atoms with van der Waals surface area (Å²) in [5.74, 6) is 1.42. The lowest BCUT2D eigenvalue weighted by Crippen LogP contribution is -2.44. The van der Waals surface area contributed by atoms with Crippen LogP contribution in [0.1, 0.15) is 41.6 Å². The Balaban J connectivity index is 1.67. The molecule has 2 aromatic carbocycles. The first-order valence-corrected chi connectivity index (χ1v) is 10.9. The van der Waals surface area contributed by atoms with Crippen LogP contribution in [-0.2, 0) is 16.0 Å². The monoisotopic (exact) mass is 441 g/mol. The molecule has 1 atom stereocenters. The lowest BCUT2D eigenvalue weighted by atomic mass is 9.95. The van der Waals surface area contributed by atoms with Gasteiger partial charge in [-0.25, -0.2) is 4.79 Å². The van der Waals surface area contributed by atoms with Crippen LogP contribution in [0.25, 0.3) is 0 Å². The van der Waals surface area contributed by atoms with Crippen LogP contribution in [0.3, 0.4) is 0 Å². The number of rotatable bonds is 9. The predicted molar refractivity (Wildman–Crippen MR) is 120 cm³/mol. The van der Waals surface area contributed by atoms with Crippen molar-refractivity contribution in [1.29, 1.82) is 0 Å². The highest BCUT2D eigenvalue weighted by Crippen LogP contribution is 2.29. The highest BCUT2D eigenvalue weighted by molar-refractivity contribution is 5.95. The summed E-state index contributed by atoms with van der Waals surface area (Å²) in [7, 11) is 4.56. The Morgan fingerprint density at radius 1 is 1.00 bits per heavy atom. The van der Waals surface area contributed by atoms with Crippen molar-refractivity contribution in [3.05, 3.63) is 53.6 Å². The molecule has 172 valence electrons. The Hall–Kier alpha value is -3.22. The van der Waals surface area contributed by atoms with E-state index in [9.17, 15) is 9.59 Å². The summed E-state index contributed by atoms with van der Waals surface area (Å²) in [5, 5.41) is 0. The van der Waals surface area contributed by atoms with Crippen LogP contribution in [-0.4, -0.2) is 57.3 Å². The number of piperidine rings is 1. The van der Waals surface area contributed by atoms with Crippen molar-refractivity contribution in [3.8, 4) is 17.2 Å². The summed E-state index contributed by atoms with van der Waals surface area (Å²) in [5.41, 5.74) is 1.71. The van der Waals surface area contributed by atoms with Crippen molar-refractivity contribution in [2.75, 3.05) is 34.5 Å². The fourth-order valence-electron chi connectivity index (χ4n) is 4.02. The molecule has 1 amide bonds. The van der Waals surface area contributed by atoms with Crippen molar-refractivity contribution < 1.29 is 28.5 Å². The maximum atomic E-state index is 13.3. The second-order valence-electron chi connectivity index (χ2n) is 7.77. The van der Waals surface area contributed by atoms with Crippen LogP contribution in [0.2, 0.25) is 0 Å². The van der Waals surface area contributed by atoms with Gasteiger partial charge in [0.25, 0.3) is 5.91 Å². The summed E-state index contributed by atoms with van der Waals surface area (Å²) in [4.78, 5) is 26.6. The molecule has 1 unspecified atom stereocenters. The molecule has 2 aromatic rings. The SMILES string of the molecule is COC(=O)COc1cccc(C(=O)N2CCCCC2CCc2ccc(OC)c(OC)c2)c1. The van der Waals surface area contributed by atoms with Crippen molar-refractivity contribution in [3.63, 3.8) is 0 Å². The van der Waals surface area contributed by atoms with E-state index in [1.807, 2.05) is 23.1 Å².